The first-order valence-corrected chi connectivity index (χ1v) is 7.03. The first-order valence-electron chi connectivity index (χ1n) is 6.04. The van der Waals surface area contributed by atoms with Crippen LogP contribution in [0.4, 0.5) is 0 Å². The van der Waals surface area contributed by atoms with Crippen LogP contribution in [0.1, 0.15) is 17.3 Å². The van der Waals surface area contributed by atoms with E-state index in [1.807, 2.05) is 49.4 Å². The second kappa shape index (κ2) is 6.85. The maximum Gasteiger partial charge on any atom is 0.261 e. The lowest BCUT2D eigenvalue weighted by Crippen LogP contribution is -2.15. The molecule has 0 radical (unpaired) electrons. The Morgan fingerprint density at radius 1 is 1.11 bits per heavy atom. The number of para-hydroxylation sites is 1. The predicted octanol–water partition coefficient (Wildman–Crippen LogP) is 3.88. The minimum absolute atomic E-state index is 0.106. The first kappa shape index (κ1) is 13.5. The van der Waals surface area contributed by atoms with Gasteiger partial charge in [0.15, 0.2) is 0 Å². The summed E-state index contributed by atoms with van der Waals surface area (Å²) in [7, 11) is 0. The molecule has 0 aliphatic heterocycles. The second-order valence-electron chi connectivity index (χ2n) is 3.81. The van der Waals surface area contributed by atoms with Gasteiger partial charge in [-0.25, -0.2) is 0 Å². The van der Waals surface area contributed by atoms with Gasteiger partial charge in [0.2, 0.25) is 0 Å². The highest BCUT2D eigenvalue weighted by molar-refractivity contribution is 7.97. The zero-order chi connectivity index (χ0) is 13.5. The molecule has 2 aromatic rings. The average molecular weight is 273 g/mol. The highest BCUT2D eigenvalue weighted by Crippen LogP contribution is 2.21. The van der Waals surface area contributed by atoms with E-state index in [2.05, 4.69) is 4.72 Å². The third-order valence-electron chi connectivity index (χ3n) is 2.38. The summed E-state index contributed by atoms with van der Waals surface area (Å²) >= 11 is 1.38. The Bertz CT molecular complexity index is 543. The normalized spacial score (nSPS) is 9.95. The molecule has 0 aliphatic carbocycles. The number of benzene rings is 2. The second-order valence-corrected chi connectivity index (χ2v) is 4.88. The Labute approximate surface area is 117 Å². The van der Waals surface area contributed by atoms with E-state index >= 15 is 0 Å². The van der Waals surface area contributed by atoms with E-state index in [4.69, 9.17) is 4.74 Å². The van der Waals surface area contributed by atoms with Crippen molar-refractivity contribution in [2.24, 2.45) is 0 Å². The molecule has 0 saturated heterocycles. The number of hydrogen-bond donors (Lipinski definition) is 1. The van der Waals surface area contributed by atoms with Crippen LogP contribution in [-0.4, -0.2) is 11.7 Å². The molecule has 0 fully saturated rings. The number of nitrogens with one attached hydrogen (secondary N) is 1. The molecule has 0 saturated carbocycles. The van der Waals surface area contributed by atoms with Gasteiger partial charge in [0.25, 0.3) is 5.91 Å². The van der Waals surface area contributed by atoms with Gasteiger partial charge in [-0.2, -0.15) is 0 Å². The molecule has 1 amide bonds. The van der Waals surface area contributed by atoms with Crippen molar-refractivity contribution in [3.63, 3.8) is 0 Å². The fraction of sp³-hybridized carbons (Fsp3) is 0.133. The van der Waals surface area contributed by atoms with E-state index in [9.17, 15) is 4.79 Å². The number of rotatable bonds is 5. The zero-order valence-corrected chi connectivity index (χ0v) is 11.4. The molecule has 4 heteroatoms. The molecule has 0 aliphatic rings. The third-order valence-corrected chi connectivity index (χ3v) is 3.00. The fourth-order valence-electron chi connectivity index (χ4n) is 1.52. The van der Waals surface area contributed by atoms with Crippen molar-refractivity contribution in [1.82, 2.24) is 4.72 Å². The number of amides is 1. The summed E-state index contributed by atoms with van der Waals surface area (Å²) in [6.45, 7) is 1.99. The number of hydrogen-bond acceptors (Lipinski definition) is 3. The molecule has 0 heterocycles. The van der Waals surface area contributed by atoms with Gasteiger partial charge in [0.05, 0.1) is 0 Å². The lowest BCUT2D eigenvalue weighted by molar-refractivity contribution is 0.0984. The summed E-state index contributed by atoms with van der Waals surface area (Å²) in [6, 6.07) is 16.6. The van der Waals surface area contributed by atoms with Gasteiger partial charge in [-0.15, -0.1) is 0 Å². The highest BCUT2D eigenvalue weighted by atomic mass is 32.2. The molecule has 0 aromatic heterocycles. The van der Waals surface area contributed by atoms with E-state index in [-0.39, 0.29) is 5.91 Å². The minimum atomic E-state index is -0.106. The molecule has 0 unspecified atom stereocenters. The van der Waals surface area contributed by atoms with Gasteiger partial charge in [0.1, 0.15) is 11.5 Å². The summed E-state index contributed by atoms with van der Waals surface area (Å²) < 4.78 is 8.45. The maximum atomic E-state index is 11.8. The minimum Gasteiger partial charge on any atom is -0.457 e. The number of carbonyl (C=O) groups is 1. The maximum absolute atomic E-state index is 11.8. The van der Waals surface area contributed by atoms with E-state index in [0.717, 1.165) is 11.5 Å². The molecule has 0 bridgehead atoms. The van der Waals surface area contributed by atoms with Gasteiger partial charge in [-0.3, -0.25) is 9.52 Å². The van der Waals surface area contributed by atoms with Crippen LogP contribution in [0.15, 0.2) is 54.6 Å². The topological polar surface area (TPSA) is 38.3 Å². The van der Waals surface area contributed by atoms with Crippen molar-refractivity contribution in [2.75, 3.05) is 5.75 Å². The Morgan fingerprint density at radius 3 is 2.58 bits per heavy atom. The summed E-state index contributed by atoms with van der Waals surface area (Å²) in [5.41, 5.74) is 0.592. The van der Waals surface area contributed by atoms with Crippen molar-refractivity contribution >= 4 is 17.9 Å². The molecule has 2 aromatic carbocycles. The predicted molar refractivity (Wildman–Crippen MR) is 78.6 cm³/mol. The Balaban J connectivity index is 2.09. The van der Waals surface area contributed by atoms with Gasteiger partial charge >= 0.3 is 0 Å². The van der Waals surface area contributed by atoms with Crippen molar-refractivity contribution < 1.29 is 9.53 Å². The highest BCUT2D eigenvalue weighted by Gasteiger charge is 2.06. The van der Waals surface area contributed by atoms with Crippen LogP contribution >= 0.6 is 11.9 Å². The molecular weight excluding hydrogens is 258 g/mol. The van der Waals surface area contributed by atoms with Gasteiger partial charge < -0.3 is 4.74 Å². The smallest absolute Gasteiger partial charge is 0.261 e. The zero-order valence-electron chi connectivity index (χ0n) is 10.6. The van der Waals surface area contributed by atoms with Crippen molar-refractivity contribution in [1.29, 1.82) is 0 Å². The molecule has 0 spiro atoms. The van der Waals surface area contributed by atoms with Crippen LogP contribution in [0.3, 0.4) is 0 Å². The fourth-order valence-corrected chi connectivity index (χ4v) is 1.92. The SMILES string of the molecule is CCSNC(=O)c1cccc(Oc2ccccc2)c1. The van der Waals surface area contributed by atoms with E-state index in [1.165, 1.54) is 11.9 Å². The van der Waals surface area contributed by atoms with Crippen LogP contribution in [-0.2, 0) is 0 Å². The number of carbonyl (C=O) groups excluding carboxylic acids is 1. The molecule has 98 valence electrons. The van der Waals surface area contributed by atoms with Gasteiger partial charge in [0, 0.05) is 11.3 Å². The standard InChI is InChI=1S/C15H15NO2S/c1-2-19-16-15(17)12-7-6-10-14(11-12)18-13-8-4-3-5-9-13/h3-11H,2H2,1H3,(H,16,17). The summed E-state index contributed by atoms with van der Waals surface area (Å²) in [5, 5.41) is 0. The summed E-state index contributed by atoms with van der Waals surface area (Å²) in [6.07, 6.45) is 0. The quantitative estimate of drug-likeness (QED) is 0.840. The largest absolute Gasteiger partial charge is 0.457 e. The van der Waals surface area contributed by atoms with Gasteiger partial charge in [-0.1, -0.05) is 43.1 Å². The van der Waals surface area contributed by atoms with Gasteiger partial charge in [-0.05, 0) is 30.3 Å². The molecule has 0 atom stereocenters. The molecular formula is C15H15NO2S. The third kappa shape index (κ3) is 4.03. The van der Waals surface area contributed by atoms with Crippen LogP contribution in [0.5, 0.6) is 11.5 Å². The van der Waals surface area contributed by atoms with Crippen LogP contribution in [0, 0.1) is 0 Å². The van der Waals surface area contributed by atoms with Crippen LogP contribution < -0.4 is 9.46 Å². The lowest BCUT2D eigenvalue weighted by atomic mass is 10.2. The monoisotopic (exact) mass is 273 g/mol. The lowest BCUT2D eigenvalue weighted by Gasteiger charge is -2.07. The average Bonchev–Trinajstić information content (AvgIpc) is 2.46. The molecule has 1 N–H and O–H groups in total. The van der Waals surface area contributed by atoms with Crippen molar-refractivity contribution in [2.45, 2.75) is 6.92 Å². The molecule has 3 nitrogen and oxygen atoms in total. The van der Waals surface area contributed by atoms with Crippen molar-refractivity contribution in [3.05, 3.63) is 60.2 Å². The number of ether oxygens (including phenoxy) is 1. The van der Waals surface area contributed by atoms with E-state index in [0.29, 0.717) is 11.3 Å². The van der Waals surface area contributed by atoms with Crippen LogP contribution in [0.2, 0.25) is 0 Å². The van der Waals surface area contributed by atoms with E-state index in [1.54, 1.807) is 12.1 Å². The van der Waals surface area contributed by atoms with E-state index < -0.39 is 0 Å². The Morgan fingerprint density at radius 2 is 1.84 bits per heavy atom. The Hall–Kier alpha value is -1.94. The summed E-state index contributed by atoms with van der Waals surface area (Å²) in [4.78, 5) is 11.8. The first-order chi connectivity index (χ1) is 9.29. The Kier molecular flexibility index (Phi) is 4.86. The van der Waals surface area contributed by atoms with Crippen LogP contribution in [0.25, 0.3) is 0 Å². The molecule has 19 heavy (non-hydrogen) atoms. The summed E-state index contributed by atoms with van der Waals surface area (Å²) in [5.74, 6) is 2.14. The van der Waals surface area contributed by atoms with Crippen molar-refractivity contribution in [3.8, 4) is 11.5 Å². The molecule has 2 rings (SSSR count).